The second kappa shape index (κ2) is 1.95. The fourth-order valence-electron chi connectivity index (χ4n) is 0.999. The lowest BCUT2D eigenvalue weighted by atomic mass is 10.4. The lowest BCUT2D eigenvalue weighted by molar-refractivity contribution is 1.17. The van der Waals surface area contributed by atoms with Gasteiger partial charge in [0.15, 0.2) is 5.65 Å². The third-order valence-corrected chi connectivity index (χ3v) is 1.53. The Morgan fingerprint density at radius 2 is 2.36 bits per heavy atom. The van der Waals surface area contributed by atoms with E-state index in [9.17, 15) is 0 Å². The van der Waals surface area contributed by atoms with E-state index < -0.39 is 0 Å². The third-order valence-electron chi connectivity index (χ3n) is 1.53. The maximum Gasteiger partial charge on any atom is 0.158 e. The van der Waals surface area contributed by atoms with Gasteiger partial charge in [0.2, 0.25) is 0 Å². The van der Waals surface area contributed by atoms with Crippen molar-refractivity contribution in [3.05, 3.63) is 18.1 Å². The van der Waals surface area contributed by atoms with Crippen molar-refractivity contribution < 1.29 is 0 Å². The molecule has 0 atom stereocenters. The molecule has 11 heavy (non-hydrogen) atoms. The Morgan fingerprint density at radius 3 is 3.18 bits per heavy atom. The fraction of sp³-hybridized carbons (Fsp3) is 0.143. The molecular weight excluding hydrogens is 140 g/mol. The Hall–Kier alpha value is -1.58. The molecule has 0 saturated carbocycles. The maximum atomic E-state index is 5.61. The van der Waals surface area contributed by atoms with Crippen molar-refractivity contribution in [2.45, 2.75) is 6.92 Å². The van der Waals surface area contributed by atoms with Crippen molar-refractivity contribution in [1.82, 2.24) is 15.0 Å². The summed E-state index contributed by atoms with van der Waals surface area (Å²) in [5.41, 5.74) is 8.64. The SMILES string of the molecule is Cc1cnc2[nH]cc(N)c2n1. The number of rotatable bonds is 0. The van der Waals surface area contributed by atoms with Crippen LogP contribution >= 0.6 is 0 Å². The zero-order chi connectivity index (χ0) is 7.84. The summed E-state index contributed by atoms with van der Waals surface area (Å²) in [5, 5.41) is 0. The Balaban J connectivity index is 2.87. The predicted octanol–water partition coefficient (Wildman–Crippen LogP) is 0.849. The van der Waals surface area contributed by atoms with E-state index in [4.69, 9.17) is 5.73 Å². The molecule has 0 unspecified atom stereocenters. The first-order chi connectivity index (χ1) is 5.27. The summed E-state index contributed by atoms with van der Waals surface area (Å²) in [7, 11) is 0. The van der Waals surface area contributed by atoms with Gasteiger partial charge < -0.3 is 10.7 Å². The van der Waals surface area contributed by atoms with E-state index in [1.54, 1.807) is 12.4 Å². The molecular formula is C7H8N4. The van der Waals surface area contributed by atoms with Crippen LogP contribution in [0.25, 0.3) is 11.2 Å². The number of hydrogen-bond donors (Lipinski definition) is 2. The number of nitrogens with two attached hydrogens (primary N) is 1. The fourth-order valence-corrected chi connectivity index (χ4v) is 0.999. The minimum atomic E-state index is 0.649. The number of fused-ring (bicyclic) bond motifs is 1. The number of nitrogens with one attached hydrogen (secondary N) is 1. The molecule has 0 bridgehead atoms. The topological polar surface area (TPSA) is 67.6 Å². The molecule has 0 amide bonds. The van der Waals surface area contributed by atoms with Gasteiger partial charge in [-0.3, -0.25) is 0 Å². The van der Waals surface area contributed by atoms with E-state index in [-0.39, 0.29) is 0 Å². The van der Waals surface area contributed by atoms with Gasteiger partial charge in [-0.2, -0.15) is 0 Å². The lowest BCUT2D eigenvalue weighted by Crippen LogP contribution is -1.87. The molecule has 0 spiro atoms. The number of nitrogens with zero attached hydrogens (tertiary/aromatic N) is 2. The van der Waals surface area contributed by atoms with Crippen LogP contribution < -0.4 is 5.73 Å². The van der Waals surface area contributed by atoms with Crippen LogP contribution in [-0.4, -0.2) is 15.0 Å². The van der Waals surface area contributed by atoms with Crippen LogP contribution in [0.4, 0.5) is 5.69 Å². The van der Waals surface area contributed by atoms with Crippen molar-refractivity contribution in [2.75, 3.05) is 5.73 Å². The Morgan fingerprint density at radius 1 is 1.55 bits per heavy atom. The highest BCUT2D eigenvalue weighted by Crippen LogP contribution is 2.14. The van der Waals surface area contributed by atoms with Crippen molar-refractivity contribution in [3.63, 3.8) is 0 Å². The summed E-state index contributed by atoms with van der Waals surface area (Å²) in [5.74, 6) is 0. The highest BCUT2D eigenvalue weighted by molar-refractivity contribution is 5.84. The van der Waals surface area contributed by atoms with Crippen LogP contribution in [0.2, 0.25) is 0 Å². The molecule has 3 N–H and O–H groups in total. The zero-order valence-electron chi connectivity index (χ0n) is 6.13. The number of H-pyrrole nitrogens is 1. The van der Waals surface area contributed by atoms with Crippen LogP contribution in [0.15, 0.2) is 12.4 Å². The number of aromatic nitrogens is 3. The van der Waals surface area contributed by atoms with Gasteiger partial charge in [-0.05, 0) is 6.92 Å². The van der Waals surface area contributed by atoms with Crippen LogP contribution in [0.3, 0.4) is 0 Å². The molecule has 0 aliphatic carbocycles. The van der Waals surface area contributed by atoms with Crippen LogP contribution in [0.1, 0.15) is 5.69 Å². The first-order valence-corrected chi connectivity index (χ1v) is 3.33. The quantitative estimate of drug-likeness (QED) is 0.582. The summed E-state index contributed by atoms with van der Waals surface area (Å²) >= 11 is 0. The normalized spacial score (nSPS) is 10.6. The number of aromatic amines is 1. The Bertz CT molecular complexity index is 390. The van der Waals surface area contributed by atoms with Crippen LogP contribution in [0, 0.1) is 6.92 Å². The van der Waals surface area contributed by atoms with Crippen LogP contribution in [0.5, 0.6) is 0 Å². The third kappa shape index (κ3) is 0.832. The van der Waals surface area contributed by atoms with Crippen molar-refractivity contribution in [3.8, 4) is 0 Å². The molecule has 56 valence electrons. The molecule has 2 aromatic heterocycles. The number of hydrogen-bond acceptors (Lipinski definition) is 3. The largest absolute Gasteiger partial charge is 0.396 e. The van der Waals surface area contributed by atoms with Gasteiger partial charge in [-0.15, -0.1) is 0 Å². The highest BCUT2D eigenvalue weighted by Gasteiger charge is 2.01. The van der Waals surface area contributed by atoms with Gasteiger partial charge >= 0.3 is 0 Å². The minimum absolute atomic E-state index is 0.649. The van der Waals surface area contributed by atoms with Crippen molar-refractivity contribution >= 4 is 16.9 Å². The second-order valence-corrected chi connectivity index (χ2v) is 2.45. The molecule has 0 aliphatic heterocycles. The Labute approximate surface area is 63.5 Å². The molecule has 4 heteroatoms. The minimum Gasteiger partial charge on any atom is -0.396 e. The van der Waals surface area contributed by atoms with Gasteiger partial charge in [0.05, 0.1) is 17.6 Å². The van der Waals surface area contributed by atoms with E-state index >= 15 is 0 Å². The average molecular weight is 148 g/mol. The second-order valence-electron chi connectivity index (χ2n) is 2.45. The van der Waals surface area contributed by atoms with Gasteiger partial charge in [0.1, 0.15) is 5.52 Å². The van der Waals surface area contributed by atoms with Crippen molar-refractivity contribution in [1.29, 1.82) is 0 Å². The summed E-state index contributed by atoms with van der Waals surface area (Å²) < 4.78 is 0. The molecule has 0 aromatic carbocycles. The molecule has 0 aliphatic rings. The molecule has 2 heterocycles. The zero-order valence-corrected chi connectivity index (χ0v) is 6.13. The van der Waals surface area contributed by atoms with Crippen molar-refractivity contribution in [2.24, 2.45) is 0 Å². The predicted molar refractivity (Wildman–Crippen MR) is 43.0 cm³/mol. The molecule has 4 nitrogen and oxygen atoms in total. The summed E-state index contributed by atoms with van der Waals surface area (Å²) in [6.07, 6.45) is 3.41. The Kier molecular flexibility index (Phi) is 1.09. The van der Waals surface area contributed by atoms with Gasteiger partial charge in [-0.25, -0.2) is 9.97 Å². The molecule has 0 fully saturated rings. The van der Waals surface area contributed by atoms with E-state index in [1.807, 2.05) is 6.92 Å². The van der Waals surface area contributed by atoms with E-state index in [1.165, 1.54) is 0 Å². The first-order valence-electron chi connectivity index (χ1n) is 3.33. The van der Waals surface area contributed by atoms with E-state index in [0.29, 0.717) is 5.69 Å². The highest BCUT2D eigenvalue weighted by atomic mass is 14.9. The van der Waals surface area contributed by atoms with Crippen LogP contribution in [-0.2, 0) is 0 Å². The van der Waals surface area contributed by atoms with Gasteiger partial charge in [-0.1, -0.05) is 0 Å². The summed E-state index contributed by atoms with van der Waals surface area (Å²) in [4.78, 5) is 11.2. The lowest BCUT2D eigenvalue weighted by Gasteiger charge is -1.91. The molecule has 2 rings (SSSR count). The molecule has 0 saturated heterocycles. The number of aryl methyl sites for hydroxylation is 1. The average Bonchev–Trinajstić information content (AvgIpc) is 2.33. The first kappa shape index (κ1) is 6.15. The number of nitrogen functional groups attached to an aromatic ring is 1. The molecule has 0 radical (unpaired) electrons. The van der Waals surface area contributed by atoms with Gasteiger partial charge in [0.25, 0.3) is 0 Å². The van der Waals surface area contributed by atoms with E-state index in [2.05, 4.69) is 15.0 Å². The monoisotopic (exact) mass is 148 g/mol. The summed E-state index contributed by atoms with van der Waals surface area (Å²) in [6, 6.07) is 0. The molecule has 2 aromatic rings. The summed E-state index contributed by atoms with van der Waals surface area (Å²) in [6.45, 7) is 1.89. The van der Waals surface area contributed by atoms with Gasteiger partial charge in [0, 0.05) is 6.20 Å². The standard InChI is InChI=1S/C7H8N4/c1-4-2-9-7-6(11-4)5(8)3-10-7/h2-3H,8H2,1H3,(H,9,10). The maximum absolute atomic E-state index is 5.61. The smallest absolute Gasteiger partial charge is 0.158 e. The number of anilines is 1. The van der Waals surface area contributed by atoms with E-state index in [0.717, 1.165) is 16.9 Å².